The third-order valence-corrected chi connectivity index (χ3v) is 13.7. The lowest BCUT2D eigenvalue weighted by molar-refractivity contribution is -0.332. The second-order valence-electron chi connectivity index (χ2n) is 14.6. The number of allylic oxidation sites excluding steroid dienone is 1. The summed E-state index contributed by atoms with van der Waals surface area (Å²) in [6.45, 7) is 18.4. The van der Waals surface area contributed by atoms with Crippen molar-refractivity contribution in [3.63, 3.8) is 0 Å². The van der Waals surface area contributed by atoms with Crippen molar-refractivity contribution in [2.24, 2.45) is 56.7 Å². The van der Waals surface area contributed by atoms with Gasteiger partial charge in [-0.3, -0.25) is 0 Å². The van der Waals surface area contributed by atoms with Crippen LogP contribution in [0.1, 0.15) is 112 Å². The number of aliphatic carboxylic acids is 1. The maximum atomic E-state index is 12.3. The van der Waals surface area contributed by atoms with Crippen molar-refractivity contribution in [1.82, 2.24) is 0 Å². The molecule has 0 aromatic rings. The first kappa shape index (κ1) is 24.8. The molecule has 0 aliphatic heterocycles. The summed E-state index contributed by atoms with van der Waals surface area (Å²) in [7, 11) is 0. The molecule has 5 saturated carbocycles. The van der Waals surface area contributed by atoms with Gasteiger partial charge in [0.25, 0.3) is 0 Å². The summed E-state index contributed by atoms with van der Waals surface area (Å²) in [6.07, 6.45) is 11.8. The Hall–Kier alpha value is -0.830. The first-order valence-corrected chi connectivity index (χ1v) is 14.4. The Bertz CT molecular complexity index is 878. The predicted molar refractivity (Wildman–Crippen MR) is 135 cm³/mol. The van der Waals surface area contributed by atoms with Gasteiger partial charge >= 0.3 is 0 Å². The summed E-state index contributed by atoms with van der Waals surface area (Å²) in [4.78, 5) is 12.3. The van der Waals surface area contributed by atoms with Crippen LogP contribution in [0.15, 0.2) is 12.2 Å². The molecular weight excluding hydrogens is 420 g/mol. The molecule has 3 heteroatoms. The highest BCUT2D eigenvalue weighted by Crippen LogP contribution is 2.89. The van der Waals surface area contributed by atoms with Crippen LogP contribution in [-0.4, -0.2) is 17.2 Å². The van der Waals surface area contributed by atoms with Crippen molar-refractivity contribution in [2.45, 2.75) is 118 Å². The molecule has 5 aliphatic rings. The van der Waals surface area contributed by atoms with E-state index in [1.807, 2.05) is 0 Å². The van der Waals surface area contributed by atoms with Gasteiger partial charge in [-0.25, -0.2) is 0 Å². The molecule has 34 heavy (non-hydrogen) atoms. The number of hydrogen-bond donors (Lipinski definition) is 1. The average molecular weight is 470 g/mol. The lowest BCUT2D eigenvalue weighted by Crippen LogP contribution is -2.62. The summed E-state index contributed by atoms with van der Waals surface area (Å²) in [5.41, 5.74) is 1.48. The first-order chi connectivity index (χ1) is 15.8. The highest BCUT2D eigenvalue weighted by molar-refractivity contribution is 5.74. The number of fused-ring (bicyclic) bond motifs is 2. The minimum atomic E-state index is -1.08. The molecule has 10 atom stereocenters. The number of carbonyl (C=O) groups is 1. The van der Waals surface area contributed by atoms with Crippen LogP contribution in [0.25, 0.3) is 0 Å². The number of carboxylic acids is 1. The second kappa shape index (κ2) is 7.59. The highest BCUT2D eigenvalue weighted by atomic mass is 16.4. The van der Waals surface area contributed by atoms with Crippen molar-refractivity contribution in [3.8, 4) is 0 Å². The molecule has 1 N–H and O–H groups in total. The average Bonchev–Trinajstić information content (AvgIpc) is 3.36. The van der Waals surface area contributed by atoms with E-state index in [1.54, 1.807) is 6.92 Å². The molecule has 2 spiro atoms. The topological polar surface area (TPSA) is 60.4 Å². The van der Waals surface area contributed by atoms with Crippen molar-refractivity contribution in [2.75, 3.05) is 0 Å². The fourth-order valence-electron chi connectivity index (χ4n) is 11.2. The van der Waals surface area contributed by atoms with Gasteiger partial charge in [-0.05, 0) is 122 Å². The monoisotopic (exact) mass is 469 g/mol. The summed E-state index contributed by atoms with van der Waals surface area (Å²) < 4.78 is 0. The van der Waals surface area contributed by atoms with E-state index in [4.69, 9.17) is 0 Å². The summed E-state index contributed by atoms with van der Waals surface area (Å²) in [5.74, 6) is 1.86. The Kier molecular flexibility index (Phi) is 5.55. The normalized spacial score (nSPS) is 52.2. The van der Waals surface area contributed by atoms with E-state index in [1.165, 1.54) is 44.1 Å². The maximum Gasteiger partial charge on any atom is 0.0649 e. The van der Waals surface area contributed by atoms with E-state index in [-0.39, 0.29) is 11.3 Å². The molecule has 0 bridgehead atoms. The van der Waals surface area contributed by atoms with Crippen molar-refractivity contribution < 1.29 is 15.0 Å². The number of rotatable bonds is 6. The minimum Gasteiger partial charge on any atom is -0.549 e. The fraction of sp³-hybridized carbons (Fsp3) is 0.903. The van der Waals surface area contributed by atoms with Gasteiger partial charge < -0.3 is 15.0 Å². The lowest BCUT2D eigenvalue weighted by atomic mass is 9.41. The molecular formula is C31H49O3-. The standard InChI is InChI=1S/C31H50O3/c1-19(2)20(3)8-9-21(4)22-12-14-28(6)23-10-11-24-29(7,26(33)34)25(32)13-15-30(24)18-31(23,30)17-16-27(22,28)5/h19,21-25,32H,3,8-18H2,1-2,4-7H3,(H,33,34)/p-1/t21-,22?,23?,24?,25-,27-,28+,29-,30?,31?/m1/s1. The van der Waals surface area contributed by atoms with Gasteiger partial charge in [0.1, 0.15) is 0 Å². The number of carboxylic acid groups (broad SMARTS) is 1. The SMILES string of the molecule is C=C(CC[C@@H](C)C1CC[C@@]2(C)C3CCC4C5(CC[C@@H](O)[C@]4(C)C(=O)[O-])CC35CC[C@]12C)C(C)C. The van der Waals surface area contributed by atoms with Gasteiger partial charge in [-0.2, -0.15) is 0 Å². The van der Waals surface area contributed by atoms with E-state index in [9.17, 15) is 15.0 Å². The van der Waals surface area contributed by atoms with Crippen molar-refractivity contribution in [3.05, 3.63) is 12.2 Å². The molecule has 0 amide bonds. The summed E-state index contributed by atoms with van der Waals surface area (Å²) in [5, 5.41) is 23.1. The molecule has 5 rings (SSSR count). The van der Waals surface area contributed by atoms with Gasteiger partial charge in [0, 0.05) is 5.41 Å². The van der Waals surface area contributed by atoms with Gasteiger partial charge in [-0.15, -0.1) is 0 Å². The van der Waals surface area contributed by atoms with E-state index < -0.39 is 17.5 Å². The first-order valence-electron chi connectivity index (χ1n) is 14.4. The fourth-order valence-corrected chi connectivity index (χ4v) is 11.2. The van der Waals surface area contributed by atoms with Crippen molar-refractivity contribution >= 4 is 5.97 Å². The summed E-state index contributed by atoms with van der Waals surface area (Å²) in [6, 6.07) is 0. The number of aliphatic hydroxyl groups is 1. The zero-order valence-corrected chi connectivity index (χ0v) is 22.7. The predicted octanol–water partition coefficient (Wildman–Crippen LogP) is 6.14. The Balaban J connectivity index is 1.41. The second-order valence-corrected chi connectivity index (χ2v) is 14.6. The van der Waals surface area contributed by atoms with Gasteiger partial charge in [0.05, 0.1) is 12.1 Å². The molecule has 3 nitrogen and oxygen atoms in total. The molecule has 5 unspecified atom stereocenters. The van der Waals surface area contributed by atoms with Crippen LogP contribution in [0, 0.1) is 56.7 Å². The van der Waals surface area contributed by atoms with Crippen LogP contribution < -0.4 is 5.11 Å². The lowest BCUT2D eigenvalue weighted by Gasteiger charge is -2.63. The van der Waals surface area contributed by atoms with Crippen LogP contribution in [0.4, 0.5) is 0 Å². The van der Waals surface area contributed by atoms with Gasteiger partial charge in [-0.1, -0.05) is 53.7 Å². The minimum absolute atomic E-state index is 0.0797. The van der Waals surface area contributed by atoms with E-state index >= 15 is 0 Å². The molecule has 0 saturated heterocycles. The molecule has 0 aromatic carbocycles. The third-order valence-electron chi connectivity index (χ3n) is 13.7. The molecule has 0 heterocycles. The Labute approximate surface area is 208 Å². The number of aliphatic hydroxyl groups excluding tert-OH is 1. The number of hydrogen-bond acceptors (Lipinski definition) is 3. The largest absolute Gasteiger partial charge is 0.549 e. The quantitative estimate of drug-likeness (QED) is 0.475. The van der Waals surface area contributed by atoms with Crippen LogP contribution in [0.2, 0.25) is 0 Å². The number of carbonyl (C=O) groups excluding carboxylic acids is 1. The van der Waals surface area contributed by atoms with Gasteiger partial charge in [0.2, 0.25) is 0 Å². The highest BCUT2D eigenvalue weighted by Gasteiger charge is 2.82. The molecule has 0 radical (unpaired) electrons. The zero-order chi connectivity index (χ0) is 24.9. The van der Waals surface area contributed by atoms with Crippen LogP contribution in [-0.2, 0) is 4.79 Å². The van der Waals surface area contributed by atoms with Gasteiger partial charge in [0.15, 0.2) is 0 Å². The summed E-state index contributed by atoms with van der Waals surface area (Å²) >= 11 is 0. The molecule has 192 valence electrons. The molecule has 5 aliphatic carbocycles. The van der Waals surface area contributed by atoms with Crippen LogP contribution in [0.3, 0.4) is 0 Å². The zero-order valence-electron chi connectivity index (χ0n) is 22.7. The smallest absolute Gasteiger partial charge is 0.0649 e. The Morgan fingerprint density at radius 1 is 0.941 bits per heavy atom. The third kappa shape index (κ3) is 2.83. The molecule has 0 aromatic heterocycles. The van der Waals surface area contributed by atoms with E-state index in [0.717, 1.165) is 37.5 Å². The molecule has 5 fully saturated rings. The maximum absolute atomic E-state index is 12.3. The van der Waals surface area contributed by atoms with Crippen LogP contribution in [0.5, 0.6) is 0 Å². The Morgan fingerprint density at radius 3 is 2.24 bits per heavy atom. The van der Waals surface area contributed by atoms with E-state index in [2.05, 4.69) is 41.2 Å². The van der Waals surface area contributed by atoms with E-state index in [0.29, 0.717) is 34.5 Å². The van der Waals surface area contributed by atoms with Crippen molar-refractivity contribution in [1.29, 1.82) is 0 Å². The Morgan fingerprint density at radius 2 is 1.59 bits per heavy atom. The van der Waals surface area contributed by atoms with Crippen LogP contribution >= 0.6 is 0 Å².